The molecule has 0 aliphatic carbocycles. The molecular formula is C18H11F2N3. The quantitative estimate of drug-likeness (QED) is 0.551. The molecule has 0 saturated carbocycles. The van der Waals surface area contributed by atoms with E-state index < -0.39 is 0 Å². The van der Waals surface area contributed by atoms with Gasteiger partial charge in [0.1, 0.15) is 17.3 Å². The summed E-state index contributed by atoms with van der Waals surface area (Å²) in [6.45, 7) is 0. The number of rotatable bonds is 2. The van der Waals surface area contributed by atoms with E-state index in [9.17, 15) is 8.78 Å². The van der Waals surface area contributed by atoms with Gasteiger partial charge in [0.25, 0.3) is 0 Å². The first-order valence-corrected chi connectivity index (χ1v) is 7.06. The van der Waals surface area contributed by atoms with Crippen molar-refractivity contribution < 1.29 is 8.78 Å². The summed E-state index contributed by atoms with van der Waals surface area (Å²) in [5, 5.41) is 4.48. The van der Waals surface area contributed by atoms with E-state index in [2.05, 4.69) is 10.1 Å². The van der Waals surface area contributed by atoms with Gasteiger partial charge in [-0.2, -0.15) is 5.10 Å². The van der Waals surface area contributed by atoms with Gasteiger partial charge in [-0.3, -0.25) is 4.98 Å². The lowest BCUT2D eigenvalue weighted by atomic mass is 10.0. The fourth-order valence-corrected chi connectivity index (χ4v) is 2.64. The van der Waals surface area contributed by atoms with Gasteiger partial charge in [0, 0.05) is 23.5 Å². The Labute approximate surface area is 130 Å². The van der Waals surface area contributed by atoms with Gasteiger partial charge in [-0.25, -0.2) is 13.3 Å². The molecule has 0 aliphatic heterocycles. The topological polar surface area (TPSA) is 30.2 Å². The maximum absolute atomic E-state index is 13.5. The third-order valence-corrected chi connectivity index (χ3v) is 3.68. The highest BCUT2D eigenvalue weighted by atomic mass is 19.1. The van der Waals surface area contributed by atoms with E-state index in [1.165, 1.54) is 28.9 Å². The number of pyridine rings is 2. The Hall–Kier alpha value is -3.08. The van der Waals surface area contributed by atoms with Gasteiger partial charge in [-0.15, -0.1) is 0 Å². The lowest BCUT2D eigenvalue weighted by Gasteiger charge is -2.03. The number of benzene rings is 1. The van der Waals surface area contributed by atoms with Crippen molar-refractivity contribution >= 4 is 5.52 Å². The van der Waals surface area contributed by atoms with Crippen LogP contribution in [0.25, 0.3) is 27.9 Å². The van der Waals surface area contributed by atoms with Gasteiger partial charge < -0.3 is 0 Å². The number of hydrogen-bond acceptors (Lipinski definition) is 2. The van der Waals surface area contributed by atoms with Crippen LogP contribution < -0.4 is 0 Å². The minimum atomic E-state index is -0.369. The van der Waals surface area contributed by atoms with Gasteiger partial charge >= 0.3 is 0 Å². The summed E-state index contributed by atoms with van der Waals surface area (Å²) in [6, 6.07) is 12.9. The van der Waals surface area contributed by atoms with Crippen LogP contribution in [0.2, 0.25) is 0 Å². The largest absolute Gasteiger partial charge is 0.265 e. The van der Waals surface area contributed by atoms with E-state index in [-0.39, 0.29) is 11.6 Å². The van der Waals surface area contributed by atoms with Crippen molar-refractivity contribution in [2.75, 3.05) is 0 Å². The third kappa shape index (κ3) is 2.36. The minimum absolute atomic E-state index is 0.311. The van der Waals surface area contributed by atoms with Crippen molar-refractivity contribution in [1.82, 2.24) is 14.6 Å². The van der Waals surface area contributed by atoms with Crippen LogP contribution in [-0.2, 0) is 0 Å². The Morgan fingerprint density at radius 1 is 0.739 bits per heavy atom. The molecule has 3 nitrogen and oxygen atoms in total. The predicted octanol–water partition coefficient (Wildman–Crippen LogP) is 4.34. The molecule has 0 atom stereocenters. The molecular weight excluding hydrogens is 296 g/mol. The molecule has 1 aromatic carbocycles. The van der Waals surface area contributed by atoms with Crippen molar-refractivity contribution in [3.05, 3.63) is 78.8 Å². The summed E-state index contributed by atoms with van der Waals surface area (Å²) in [5.74, 6) is -0.680. The Kier molecular flexibility index (Phi) is 3.12. The molecule has 0 aliphatic rings. The van der Waals surface area contributed by atoms with Crippen molar-refractivity contribution in [1.29, 1.82) is 0 Å². The first kappa shape index (κ1) is 13.6. The number of aromatic nitrogens is 3. The van der Waals surface area contributed by atoms with E-state index in [0.29, 0.717) is 5.69 Å². The molecule has 3 heterocycles. The molecule has 112 valence electrons. The average Bonchev–Trinajstić information content (AvgIpc) is 2.94. The van der Waals surface area contributed by atoms with Crippen LogP contribution >= 0.6 is 0 Å². The Balaban J connectivity index is 2.04. The van der Waals surface area contributed by atoms with E-state index in [0.717, 1.165) is 22.2 Å². The molecule has 0 unspecified atom stereocenters. The number of fused-ring (bicyclic) bond motifs is 1. The van der Waals surface area contributed by atoms with Crippen LogP contribution in [0.5, 0.6) is 0 Å². The van der Waals surface area contributed by atoms with Gasteiger partial charge in [-0.1, -0.05) is 0 Å². The fraction of sp³-hybridized carbons (Fsp3) is 0. The smallest absolute Gasteiger partial charge is 0.141 e. The van der Waals surface area contributed by atoms with Crippen LogP contribution in [0, 0.1) is 11.6 Å². The number of halogens is 2. The van der Waals surface area contributed by atoms with Crippen molar-refractivity contribution in [2.24, 2.45) is 0 Å². The van der Waals surface area contributed by atoms with Crippen LogP contribution in [0.1, 0.15) is 0 Å². The molecule has 0 N–H and O–H groups in total. The Morgan fingerprint density at radius 3 is 2.17 bits per heavy atom. The molecule has 0 saturated heterocycles. The van der Waals surface area contributed by atoms with Gasteiger partial charge in [-0.05, 0) is 54.1 Å². The molecule has 4 aromatic rings. The lowest BCUT2D eigenvalue weighted by molar-refractivity contribution is 0.615. The molecule has 0 radical (unpaired) electrons. The molecule has 0 spiro atoms. The molecule has 0 fully saturated rings. The Morgan fingerprint density at radius 2 is 1.43 bits per heavy atom. The highest BCUT2D eigenvalue weighted by Gasteiger charge is 2.16. The first-order chi connectivity index (χ1) is 11.2. The zero-order chi connectivity index (χ0) is 15.8. The molecule has 5 heteroatoms. The van der Waals surface area contributed by atoms with E-state index in [1.807, 2.05) is 12.1 Å². The van der Waals surface area contributed by atoms with E-state index in [4.69, 9.17) is 0 Å². The molecule has 3 aromatic heterocycles. The molecule has 0 bridgehead atoms. The fourth-order valence-electron chi connectivity index (χ4n) is 2.64. The lowest BCUT2D eigenvalue weighted by Crippen LogP contribution is -1.88. The highest BCUT2D eigenvalue weighted by Crippen LogP contribution is 2.34. The summed E-state index contributed by atoms with van der Waals surface area (Å²) < 4.78 is 28.2. The van der Waals surface area contributed by atoms with Crippen molar-refractivity contribution in [3.63, 3.8) is 0 Å². The van der Waals surface area contributed by atoms with E-state index >= 15 is 0 Å². The maximum atomic E-state index is 13.5. The first-order valence-electron chi connectivity index (χ1n) is 7.06. The predicted molar refractivity (Wildman–Crippen MR) is 83.8 cm³/mol. The maximum Gasteiger partial charge on any atom is 0.141 e. The second-order valence-electron chi connectivity index (χ2n) is 5.14. The highest BCUT2D eigenvalue weighted by molar-refractivity contribution is 5.91. The monoisotopic (exact) mass is 307 g/mol. The van der Waals surface area contributed by atoms with Crippen LogP contribution in [0.15, 0.2) is 67.1 Å². The second kappa shape index (κ2) is 5.28. The van der Waals surface area contributed by atoms with Gasteiger partial charge in [0.15, 0.2) is 0 Å². The normalized spacial score (nSPS) is 11.0. The molecule has 4 rings (SSSR count). The van der Waals surface area contributed by atoms with Crippen molar-refractivity contribution in [2.45, 2.75) is 0 Å². The van der Waals surface area contributed by atoms with Crippen LogP contribution in [-0.4, -0.2) is 14.6 Å². The second-order valence-corrected chi connectivity index (χ2v) is 5.14. The average molecular weight is 307 g/mol. The van der Waals surface area contributed by atoms with Crippen molar-refractivity contribution in [3.8, 4) is 22.4 Å². The summed E-state index contributed by atoms with van der Waals surface area (Å²) in [6.07, 6.45) is 4.71. The summed E-state index contributed by atoms with van der Waals surface area (Å²) in [4.78, 5) is 4.03. The SMILES string of the molecule is Fc1ccc(-c2nn3cc(F)ccc3c2-c2ccncc2)cc1. The number of nitrogens with zero attached hydrogens (tertiary/aromatic N) is 3. The molecule has 0 amide bonds. The third-order valence-electron chi connectivity index (χ3n) is 3.68. The van der Waals surface area contributed by atoms with E-state index in [1.54, 1.807) is 30.6 Å². The summed E-state index contributed by atoms with van der Waals surface area (Å²) in [5.41, 5.74) is 3.99. The zero-order valence-electron chi connectivity index (χ0n) is 11.9. The Bertz CT molecular complexity index is 977. The summed E-state index contributed by atoms with van der Waals surface area (Å²) in [7, 11) is 0. The summed E-state index contributed by atoms with van der Waals surface area (Å²) >= 11 is 0. The van der Waals surface area contributed by atoms with Crippen LogP contribution in [0.4, 0.5) is 8.78 Å². The molecule has 23 heavy (non-hydrogen) atoms. The van der Waals surface area contributed by atoms with Gasteiger partial charge in [0.2, 0.25) is 0 Å². The van der Waals surface area contributed by atoms with Gasteiger partial charge in [0.05, 0.1) is 11.7 Å². The zero-order valence-corrected chi connectivity index (χ0v) is 11.9. The van der Waals surface area contributed by atoms with Crippen LogP contribution in [0.3, 0.4) is 0 Å². The number of hydrogen-bond donors (Lipinski definition) is 0. The minimum Gasteiger partial charge on any atom is -0.265 e. The standard InChI is InChI=1S/C18H11F2N3/c19-14-3-1-13(2-4-14)18-17(12-7-9-21-10-8-12)16-6-5-15(20)11-23(16)22-18/h1-11H.